The van der Waals surface area contributed by atoms with E-state index in [1.807, 2.05) is 42.5 Å². The van der Waals surface area contributed by atoms with Gasteiger partial charge in [0.05, 0.1) is 33.8 Å². The molecule has 3 heterocycles. The zero-order valence-electron chi connectivity index (χ0n) is 16.3. The van der Waals surface area contributed by atoms with Gasteiger partial charge in [-0.3, -0.25) is 9.48 Å². The SMILES string of the molecule is C#CCN(C(=O)c1cc(-c2cccs2)nc2c1c(C)nn2C)C1CCCCC1. The fourth-order valence-electron chi connectivity index (χ4n) is 4.18. The summed E-state index contributed by atoms with van der Waals surface area (Å²) in [7, 11) is 1.87. The molecule has 1 saturated carbocycles. The summed E-state index contributed by atoms with van der Waals surface area (Å²) in [6.07, 6.45) is 11.2. The molecular weight excluding hydrogens is 368 g/mol. The van der Waals surface area contributed by atoms with E-state index in [9.17, 15) is 4.79 Å². The first-order chi connectivity index (χ1) is 13.6. The summed E-state index contributed by atoms with van der Waals surface area (Å²) in [5, 5.41) is 7.36. The minimum absolute atomic E-state index is 0.00819. The summed E-state index contributed by atoms with van der Waals surface area (Å²) in [4.78, 5) is 21.4. The second kappa shape index (κ2) is 7.76. The molecule has 1 aliphatic rings. The molecule has 1 fully saturated rings. The number of pyridine rings is 1. The predicted molar refractivity (Wildman–Crippen MR) is 113 cm³/mol. The van der Waals surface area contributed by atoms with Crippen molar-refractivity contribution in [2.45, 2.75) is 45.1 Å². The summed E-state index contributed by atoms with van der Waals surface area (Å²) >= 11 is 1.61. The van der Waals surface area contributed by atoms with Crippen molar-refractivity contribution in [1.29, 1.82) is 0 Å². The maximum atomic E-state index is 13.7. The lowest BCUT2D eigenvalue weighted by Gasteiger charge is -2.33. The molecule has 0 atom stereocenters. The van der Waals surface area contributed by atoms with Crippen LogP contribution < -0.4 is 0 Å². The van der Waals surface area contributed by atoms with Crippen LogP contribution in [-0.2, 0) is 7.05 Å². The minimum atomic E-state index is -0.00819. The summed E-state index contributed by atoms with van der Waals surface area (Å²) in [6.45, 7) is 2.26. The Hall–Kier alpha value is -2.65. The maximum Gasteiger partial charge on any atom is 0.255 e. The Bertz CT molecular complexity index is 1040. The zero-order valence-corrected chi connectivity index (χ0v) is 17.1. The van der Waals surface area contributed by atoms with Crippen molar-refractivity contribution in [2.75, 3.05) is 6.54 Å². The quantitative estimate of drug-likeness (QED) is 0.618. The van der Waals surface area contributed by atoms with E-state index in [0.717, 1.165) is 53.0 Å². The van der Waals surface area contributed by atoms with Gasteiger partial charge in [0.25, 0.3) is 5.91 Å². The highest BCUT2D eigenvalue weighted by Gasteiger charge is 2.29. The maximum absolute atomic E-state index is 13.7. The van der Waals surface area contributed by atoms with Crippen LogP contribution in [0.25, 0.3) is 21.6 Å². The number of terminal acetylenes is 1. The number of nitrogens with zero attached hydrogens (tertiary/aromatic N) is 4. The van der Waals surface area contributed by atoms with Gasteiger partial charge in [-0.25, -0.2) is 4.98 Å². The second-order valence-corrected chi connectivity index (χ2v) is 8.32. The van der Waals surface area contributed by atoms with Gasteiger partial charge in [0, 0.05) is 13.1 Å². The van der Waals surface area contributed by atoms with E-state index >= 15 is 0 Å². The number of carbonyl (C=O) groups is 1. The van der Waals surface area contributed by atoms with Crippen LogP contribution in [0.5, 0.6) is 0 Å². The Kier molecular flexibility index (Phi) is 5.19. The number of thiophene rings is 1. The van der Waals surface area contributed by atoms with Gasteiger partial charge in [-0.1, -0.05) is 31.2 Å². The van der Waals surface area contributed by atoms with Crippen LogP contribution in [0.2, 0.25) is 0 Å². The number of rotatable bonds is 4. The smallest absolute Gasteiger partial charge is 0.255 e. The summed E-state index contributed by atoms with van der Waals surface area (Å²) in [5.41, 5.74) is 3.00. The van der Waals surface area contributed by atoms with Gasteiger partial charge in [-0.05, 0) is 37.3 Å². The van der Waals surface area contributed by atoms with E-state index < -0.39 is 0 Å². The van der Waals surface area contributed by atoms with E-state index in [4.69, 9.17) is 11.4 Å². The lowest BCUT2D eigenvalue weighted by atomic mass is 9.93. The molecule has 0 aliphatic heterocycles. The fraction of sp³-hybridized carbons (Fsp3) is 0.409. The molecule has 0 aromatic carbocycles. The molecule has 3 aromatic rings. The number of aromatic nitrogens is 3. The molecule has 144 valence electrons. The summed E-state index contributed by atoms with van der Waals surface area (Å²) < 4.78 is 1.75. The van der Waals surface area contributed by atoms with Crippen molar-refractivity contribution < 1.29 is 4.79 Å². The molecule has 0 spiro atoms. The third kappa shape index (κ3) is 3.31. The highest BCUT2D eigenvalue weighted by molar-refractivity contribution is 7.13. The first kappa shape index (κ1) is 18.7. The van der Waals surface area contributed by atoms with Crippen molar-refractivity contribution in [3.63, 3.8) is 0 Å². The van der Waals surface area contributed by atoms with Gasteiger partial charge in [0.2, 0.25) is 0 Å². The Morgan fingerprint density at radius 1 is 1.39 bits per heavy atom. The van der Waals surface area contributed by atoms with Gasteiger partial charge in [-0.2, -0.15) is 5.10 Å². The number of hydrogen-bond acceptors (Lipinski definition) is 4. The number of amides is 1. The van der Waals surface area contributed by atoms with Gasteiger partial charge >= 0.3 is 0 Å². The number of aryl methyl sites for hydroxylation is 2. The molecule has 3 aromatic heterocycles. The Balaban J connectivity index is 1.85. The third-order valence-electron chi connectivity index (χ3n) is 5.51. The third-order valence-corrected chi connectivity index (χ3v) is 6.40. The Morgan fingerprint density at radius 3 is 2.86 bits per heavy atom. The van der Waals surface area contributed by atoms with Crippen molar-refractivity contribution >= 4 is 28.3 Å². The normalized spacial score (nSPS) is 14.9. The van der Waals surface area contributed by atoms with E-state index in [1.54, 1.807) is 16.0 Å². The molecule has 28 heavy (non-hydrogen) atoms. The standard InChI is InChI=1S/C22H24N4OS/c1-4-12-26(16-9-6-5-7-10-16)22(27)17-14-18(19-11-8-13-28-19)23-21-20(17)15(2)24-25(21)3/h1,8,11,13-14,16H,5-7,9-10,12H2,2-3H3. The number of fused-ring (bicyclic) bond motifs is 1. The van der Waals surface area contributed by atoms with E-state index in [1.165, 1.54) is 6.42 Å². The van der Waals surface area contributed by atoms with Gasteiger partial charge in [-0.15, -0.1) is 17.8 Å². The lowest BCUT2D eigenvalue weighted by Crippen LogP contribution is -2.41. The first-order valence-electron chi connectivity index (χ1n) is 9.73. The minimum Gasteiger partial charge on any atom is -0.325 e. The Labute approximate surface area is 169 Å². The van der Waals surface area contributed by atoms with Crippen LogP contribution in [0.1, 0.15) is 48.2 Å². The molecule has 1 amide bonds. The number of hydrogen-bond donors (Lipinski definition) is 0. The molecular formula is C22H24N4OS. The van der Waals surface area contributed by atoms with E-state index in [0.29, 0.717) is 12.1 Å². The first-order valence-corrected chi connectivity index (χ1v) is 10.6. The van der Waals surface area contributed by atoms with Crippen LogP contribution in [0.4, 0.5) is 0 Å². The zero-order chi connectivity index (χ0) is 19.7. The molecule has 0 bridgehead atoms. The molecule has 4 rings (SSSR count). The lowest BCUT2D eigenvalue weighted by molar-refractivity contribution is 0.0669. The molecule has 0 radical (unpaired) electrons. The summed E-state index contributed by atoms with van der Waals surface area (Å²) in [6, 6.07) is 6.14. The Morgan fingerprint density at radius 2 is 2.18 bits per heavy atom. The van der Waals surface area contributed by atoms with Gasteiger partial charge in [0.1, 0.15) is 0 Å². The molecule has 0 unspecified atom stereocenters. The average Bonchev–Trinajstić information content (AvgIpc) is 3.34. The van der Waals surface area contributed by atoms with Crippen molar-refractivity contribution in [1.82, 2.24) is 19.7 Å². The monoisotopic (exact) mass is 392 g/mol. The van der Waals surface area contributed by atoms with Crippen molar-refractivity contribution in [2.24, 2.45) is 7.05 Å². The van der Waals surface area contributed by atoms with Crippen LogP contribution in [0.15, 0.2) is 23.6 Å². The van der Waals surface area contributed by atoms with Crippen LogP contribution in [0, 0.1) is 19.3 Å². The van der Waals surface area contributed by atoms with E-state index in [2.05, 4.69) is 11.0 Å². The van der Waals surface area contributed by atoms with Crippen LogP contribution >= 0.6 is 11.3 Å². The molecule has 0 N–H and O–H groups in total. The van der Waals surface area contributed by atoms with Gasteiger partial charge in [0.15, 0.2) is 5.65 Å². The van der Waals surface area contributed by atoms with E-state index in [-0.39, 0.29) is 11.9 Å². The topological polar surface area (TPSA) is 51.0 Å². The average molecular weight is 393 g/mol. The second-order valence-electron chi connectivity index (χ2n) is 7.37. The molecule has 5 nitrogen and oxygen atoms in total. The number of carbonyl (C=O) groups excluding carboxylic acids is 1. The highest BCUT2D eigenvalue weighted by Crippen LogP contribution is 2.31. The van der Waals surface area contributed by atoms with Crippen molar-refractivity contribution in [3.05, 3.63) is 34.8 Å². The highest BCUT2D eigenvalue weighted by atomic mass is 32.1. The predicted octanol–water partition coefficient (Wildman–Crippen LogP) is 4.41. The van der Waals surface area contributed by atoms with Crippen LogP contribution in [0.3, 0.4) is 0 Å². The van der Waals surface area contributed by atoms with Crippen LogP contribution in [-0.4, -0.2) is 38.2 Å². The molecule has 6 heteroatoms. The molecule has 1 aliphatic carbocycles. The largest absolute Gasteiger partial charge is 0.325 e. The molecule has 0 saturated heterocycles. The summed E-state index contributed by atoms with van der Waals surface area (Å²) in [5.74, 6) is 2.69. The fourth-order valence-corrected chi connectivity index (χ4v) is 4.86. The van der Waals surface area contributed by atoms with Gasteiger partial charge < -0.3 is 4.90 Å². The van der Waals surface area contributed by atoms with Crippen molar-refractivity contribution in [3.8, 4) is 22.9 Å².